The minimum absolute atomic E-state index is 0. The number of carbonyl (C=O) groups excluding carboxylic acids is 1. The van der Waals surface area contributed by atoms with Crippen LogP contribution in [0.25, 0.3) is 0 Å². The van der Waals surface area contributed by atoms with E-state index in [4.69, 9.17) is 15.2 Å². The molecule has 3 aliphatic rings. The molecule has 122 valence electrons. The van der Waals surface area contributed by atoms with Crippen LogP contribution in [0, 0.1) is 11.3 Å². The zero-order valence-electron chi connectivity index (χ0n) is 12.9. The van der Waals surface area contributed by atoms with Crippen LogP contribution in [0.5, 0.6) is 0 Å². The molecule has 4 unspecified atom stereocenters. The molecule has 1 saturated carbocycles. The zero-order valence-corrected chi connectivity index (χ0v) is 13.7. The number of hydrogen-bond donors (Lipinski definition) is 2. The highest BCUT2D eigenvalue weighted by Gasteiger charge is 2.70. The highest BCUT2D eigenvalue weighted by atomic mass is 35.5. The van der Waals surface area contributed by atoms with E-state index < -0.39 is 5.54 Å². The second kappa shape index (κ2) is 6.03. The van der Waals surface area contributed by atoms with Crippen molar-refractivity contribution in [3.05, 3.63) is 0 Å². The molecule has 0 aromatic heterocycles. The van der Waals surface area contributed by atoms with E-state index in [2.05, 4.69) is 5.32 Å². The van der Waals surface area contributed by atoms with Gasteiger partial charge in [-0.2, -0.15) is 0 Å². The van der Waals surface area contributed by atoms with Gasteiger partial charge in [0.05, 0.1) is 12.2 Å². The summed E-state index contributed by atoms with van der Waals surface area (Å²) in [4.78, 5) is 12.6. The predicted molar refractivity (Wildman–Crippen MR) is 82.4 cm³/mol. The number of fused-ring (bicyclic) bond motifs is 1. The quantitative estimate of drug-likeness (QED) is 0.821. The third-order valence-electron chi connectivity index (χ3n) is 5.57. The fraction of sp³-hybridized carbons (Fsp3) is 0.933. The van der Waals surface area contributed by atoms with Crippen LogP contribution < -0.4 is 11.1 Å². The molecule has 2 heterocycles. The molecule has 0 aromatic carbocycles. The topological polar surface area (TPSA) is 73.6 Å². The van der Waals surface area contributed by atoms with Crippen LogP contribution in [0.4, 0.5) is 0 Å². The molecule has 5 nitrogen and oxygen atoms in total. The van der Waals surface area contributed by atoms with Crippen LogP contribution in [-0.4, -0.2) is 43.4 Å². The number of amides is 1. The Hall–Kier alpha value is -0.360. The van der Waals surface area contributed by atoms with E-state index in [1.807, 2.05) is 13.8 Å². The van der Waals surface area contributed by atoms with Gasteiger partial charge in [-0.15, -0.1) is 12.4 Å². The largest absolute Gasteiger partial charge is 0.377 e. The Morgan fingerprint density at radius 3 is 2.57 bits per heavy atom. The van der Waals surface area contributed by atoms with E-state index in [0.29, 0.717) is 6.54 Å². The summed E-state index contributed by atoms with van der Waals surface area (Å²) < 4.78 is 11.4. The smallest absolute Gasteiger partial charge is 0.241 e. The van der Waals surface area contributed by atoms with Crippen molar-refractivity contribution in [2.24, 2.45) is 17.1 Å². The van der Waals surface area contributed by atoms with Crippen molar-refractivity contribution < 1.29 is 14.3 Å². The average Bonchev–Trinajstić information content (AvgIpc) is 2.97. The van der Waals surface area contributed by atoms with Crippen molar-refractivity contribution >= 4 is 18.3 Å². The molecular formula is C15H27ClN2O3. The number of ether oxygens (including phenoxy) is 2. The van der Waals surface area contributed by atoms with E-state index in [1.165, 1.54) is 0 Å². The second-order valence-corrected chi connectivity index (χ2v) is 6.98. The monoisotopic (exact) mass is 318 g/mol. The van der Waals surface area contributed by atoms with E-state index in [-0.39, 0.29) is 41.9 Å². The number of nitrogens with one attached hydrogen (secondary N) is 1. The summed E-state index contributed by atoms with van der Waals surface area (Å²) in [5, 5.41) is 3.01. The first-order valence-electron chi connectivity index (χ1n) is 7.78. The number of nitrogens with two attached hydrogens (primary N) is 1. The molecule has 1 aliphatic carbocycles. The summed E-state index contributed by atoms with van der Waals surface area (Å²) in [5.41, 5.74) is 5.41. The molecule has 3 N–H and O–H groups in total. The molecule has 4 atom stereocenters. The maximum Gasteiger partial charge on any atom is 0.241 e. The van der Waals surface area contributed by atoms with Crippen LogP contribution in [0.1, 0.15) is 39.5 Å². The normalized spacial score (nSPS) is 40.6. The van der Waals surface area contributed by atoms with Crippen LogP contribution in [-0.2, 0) is 14.3 Å². The van der Waals surface area contributed by atoms with Gasteiger partial charge in [-0.25, -0.2) is 0 Å². The summed E-state index contributed by atoms with van der Waals surface area (Å²) in [7, 11) is 0. The molecule has 3 rings (SSSR count). The first-order valence-corrected chi connectivity index (χ1v) is 7.78. The highest BCUT2D eigenvalue weighted by Crippen LogP contribution is 2.57. The number of rotatable bonds is 3. The molecule has 0 spiro atoms. The van der Waals surface area contributed by atoms with Crippen molar-refractivity contribution in [3.63, 3.8) is 0 Å². The van der Waals surface area contributed by atoms with Gasteiger partial charge in [0.2, 0.25) is 5.91 Å². The summed E-state index contributed by atoms with van der Waals surface area (Å²) in [6.45, 7) is 6.26. The Bertz CT molecular complexity index is 398. The molecular weight excluding hydrogens is 292 g/mol. The Kier molecular flexibility index (Phi) is 4.88. The first-order chi connectivity index (χ1) is 9.48. The minimum Gasteiger partial charge on any atom is -0.377 e. The first kappa shape index (κ1) is 17.0. The van der Waals surface area contributed by atoms with Crippen LogP contribution in [0.2, 0.25) is 0 Å². The number of carbonyl (C=O) groups is 1. The van der Waals surface area contributed by atoms with Crippen molar-refractivity contribution in [2.75, 3.05) is 19.8 Å². The molecule has 2 saturated heterocycles. The van der Waals surface area contributed by atoms with E-state index >= 15 is 0 Å². The Balaban J connectivity index is 0.00000161. The molecule has 0 radical (unpaired) electrons. The molecule has 21 heavy (non-hydrogen) atoms. The maximum atomic E-state index is 12.6. The lowest BCUT2D eigenvalue weighted by atomic mass is 9.46. The number of hydrogen-bond acceptors (Lipinski definition) is 4. The molecule has 0 bridgehead atoms. The van der Waals surface area contributed by atoms with Crippen LogP contribution in [0.15, 0.2) is 0 Å². The van der Waals surface area contributed by atoms with Crippen LogP contribution >= 0.6 is 12.4 Å². The van der Waals surface area contributed by atoms with Gasteiger partial charge in [0.15, 0.2) is 0 Å². The van der Waals surface area contributed by atoms with E-state index in [1.54, 1.807) is 0 Å². The van der Waals surface area contributed by atoms with Gasteiger partial charge < -0.3 is 20.5 Å². The Morgan fingerprint density at radius 2 is 1.90 bits per heavy atom. The second-order valence-electron chi connectivity index (χ2n) is 6.98. The zero-order chi connectivity index (χ0) is 14.4. The van der Waals surface area contributed by atoms with Crippen molar-refractivity contribution in [3.8, 4) is 0 Å². The molecule has 2 aliphatic heterocycles. The molecule has 6 heteroatoms. The fourth-order valence-corrected chi connectivity index (χ4v) is 4.19. The standard InChI is InChI=1S/C15H26N2O3.ClH/c1-14(2)12-11(6-4-8-20-12)15(14,16)13(18)17-9-10-5-3-7-19-10;/h10-12H,3-9,16H2,1-2H3,(H,17,18);1H. The van der Waals surface area contributed by atoms with Gasteiger partial charge >= 0.3 is 0 Å². The molecule has 1 amide bonds. The van der Waals surface area contributed by atoms with E-state index in [9.17, 15) is 4.79 Å². The predicted octanol–water partition coefficient (Wildman–Crippen LogP) is 1.24. The van der Waals surface area contributed by atoms with E-state index in [0.717, 1.165) is 38.9 Å². The van der Waals surface area contributed by atoms with Crippen molar-refractivity contribution in [2.45, 2.75) is 57.3 Å². The fourth-order valence-electron chi connectivity index (χ4n) is 4.19. The summed E-state index contributed by atoms with van der Waals surface area (Å²) in [6, 6.07) is 0. The number of halogens is 1. The SMILES string of the molecule is CC1(C)C2OCCCC2C1(N)C(=O)NCC1CCCO1.Cl. The maximum absolute atomic E-state index is 12.6. The van der Waals surface area contributed by atoms with Gasteiger partial charge in [-0.05, 0) is 25.7 Å². The summed E-state index contributed by atoms with van der Waals surface area (Å²) in [5.74, 6) is 0.112. The van der Waals surface area contributed by atoms with Crippen molar-refractivity contribution in [1.82, 2.24) is 5.32 Å². The van der Waals surface area contributed by atoms with Gasteiger partial charge in [0, 0.05) is 31.1 Å². The van der Waals surface area contributed by atoms with Gasteiger partial charge in [0.25, 0.3) is 0 Å². The molecule has 3 fully saturated rings. The Labute approximate surface area is 132 Å². The average molecular weight is 319 g/mol. The van der Waals surface area contributed by atoms with Gasteiger partial charge in [-0.1, -0.05) is 13.8 Å². The summed E-state index contributed by atoms with van der Waals surface area (Å²) in [6.07, 6.45) is 4.36. The lowest BCUT2D eigenvalue weighted by Gasteiger charge is -2.65. The lowest BCUT2D eigenvalue weighted by molar-refractivity contribution is -0.225. The highest BCUT2D eigenvalue weighted by molar-refractivity contribution is 5.89. The third-order valence-corrected chi connectivity index (χ3v) is 5.57. The third kappa shape index (κ3) is 2.48. The summed E-state index contributed by atoms with van der Waals surface area (Å²) >= 11 is 0. The minimum atomic E-state index is -0.809. The van der Waals surface area contributed by atoms with Crippen LogP contribution in [0.3, 0.4) is 0 Å². The van der Waals surface area contributed by atoms with Gasteiger partial charge in [0.1, 0.15) is 5.54 Å². The lowest BCUT2D eigenvalue weighted by Crippen LogP contribution is -2.82. The Morgan fingerprint density at radius 1 is 1.24 bits per heavy atom. The van der Waals surface area contributed by atoms with Gasteiger partial charge in [-0.3, -0.25) is 4.79 Å². The van der Waals surface area contributed by atoms with Crippen molar-refractivity contribution in [1.29, 1.82) is 0 Å². The molecule has 0 aromatic rings.